The molecule has 0 unspecified atom stereocenters. The largest absolute Gasteiger partial charge is 0.396 e. The molecule has 1 aromatic heterocycles. The number of rotatable bonds is 8. The molecule has 0 atom stereocenters. The molecule has 1 rings (SSSR count). The van der Waals surface area contributed by atoms with Crippen LogP contribution in [-0.4, -0.2) is 33.9 Å². The van der Waals surface area contributed by atoms with Crippen molar-refractivity contribution < 1.29 is 9.90 Å². The summed E-state index contributed by atoms with van der Waals surface area (Å²) in [5.41, 5.74) is 1.45. The van der Waals surface area contributed by atoms with E-state index in [-0.39, 0.29) is 17.9 Å². The summed E-state index contributed by atoms with van der Waals surface area (Å²) >= 11 is 6.34. The molecule has 23 heavy (non-hydrogen) atoms. The SMILES string of the molecule is Cc1nn(CC(C)C)c(Cl)c1/C=C/C(=O)NCC(C)(C)CCO. The van der Waals surface area contributed by atoms with Gasteiger partial charge in [0.15, 0.2) is 0 Å². The summed E-state index contributed by atoms with van der Waals surface area (Å²) in [4.78, 5) is 11.9. The number of aromatic nitrogens is 2. The molecule has 1 heterocycles. The molecule has 0 radical (unpaired) electrons. The maximum Gasteiger partial charge on any atom is 0.244 e. The highest BCUT2D eigenvalue weighted by Crippen LogP contribution is 2.22. The molecule has 1 amide bonds. The maximum atomic E-state index is 11.9. The molecule has 0 spiro atoms. The Morgan fingerprint density at radius 3 is 2.70 bits per heavy atom. The van der Waals surface area contributed by atoms with E-state index in [4.69, 9.17) is 16.7 Å². The molecule has 2 N–H and O–H groups in total. The van der Waals surface area contributed by atoms with Gasteiger partial charge in [-0.25, -0.2) is 0 Å². The molecule has 0 fully saturated rings. The predicted octanol–water partition coefficient (Wildman–Crippen LogP) is 3.04. The number of nitrogens with one attached hydrogen (secondary N) is 1. The van der Waals surface area contributed by atoms with Gasteiger partial charge in [0.25, 0.3) is 0 Å². The van der Waals surface area contributed by atoms with Crippen LogP contribution in [0.3, 0.4) is 0 Å². The molecule has 0 saturated carbocycles. The lowest BCUT2D eigenvalue weighted by Crippen LogP contribution is -2.33. The van der Waals surface area contributed by atoms with Gasteiger partial charge < -0.3 is 10.4 Å². The van der Waals surface area contributed by atoms with E-state index in [0.717, 1.165) is 17.8 Å². The van der Waals surface area contributed by atoms with Crippen molar-refractivity contribution in [1.82, 2.24) is 15.1 Å². The van der Waals surface area contributed by atoms with E-state index >= 15 is 0 Å². The topological polar surface area (TPSA) is 67.2 Å². The first kappa shape index (κ1) is 19.7. The Labute approximate surface area is 143 Å². The normalized spacial score (nSPS) is 12.3. The Morgan fingerprint density at radius 1 is 1.48 bits per heavy atom. The lowest BCUT2D eigenvalue weighted by atomic mass is 9.90. The van der Waals surface area contributed by atoms with Crippen molar-refractivity contribution in [2.24, 2.45) is 11.3 Å². The van der Waals surface area contributed by atoms with Gasteiger partial charge >= 0.3 is 0 Å². The van der Waals surface area contributed by atoms with Crippen molar-refractivity contribution in [3.63, 3.8) is 0 Å². The van der Waals surface area contributed by atoms with Gasteiger partial charge in [0.05, 0.1) is 5.69 Å². The van der Waals surface area contributed by atoms with E-state index in [1.807, 2.05) is 20.8 Å². The molecule has 0 bridgehead atoms. The minimum Gasteiger partial charge on any atom is -0.396 e. The van der Waals surface area contributed by atoms with Gasteiger partial charge in [0.2, 0.25) is 5.91 Å². The third-order valence-corrected chi connectivity index (χ3v) is 3.98. The van der Waals surface area contributed by atoms with Gasteiger partial charge in [-0.05, 0) is 30.8 Å². The molecular formula is C17H28ClN3O2. The highest BCUT2D eigenvalue weighted by Gasteiger charge is 2.17. The zero-order valence-corrected chi connectivity index (χ0v) is 15.4. The number of aryl methyl sites for hydroxylation is 1. The van der Waals surface area contributed by atoms with E-state index in [2.05, 4.69) is 24.3 Å². The average molecular weight is 342 g/mol. The number of carbonyl (C=O) groups excluding carboxylic acids is 1. The van der Waals surface area contributed by atoms with Crippen LogP contribution in [0.2, 0.25) is 5.15 Å². The highest BCUT2D eigenvalue weighted by molar-refractivity contribution is 6.31. The average Bonchev–Trinajstić information content (AvgIpc) is 2.68. The van der Waals surface area contributed by atoms with Crippen molar-refractivity contribution in [1.29, 1.82) is 0 Å². The first-order valence-corrected chi connectivity index (χ1v) is 8.34. The molecule has 1 aromatic rings. The molecule has 0 aliphatic rings. The lowest BCUT2D eigenvalue weighted by molar-refractivity contribution is -0.116. The fourth-order valence-electron chi connectivity index (χ4n) is 2.16. The molecule has 0 saturated heterocycles. The standard InChI is InChI=1S/C17H28ClN3O2/c1-12(2)10-21-16(18)14(13(3)20-21)6-7-15(23)19-11-17(4,5)8-9-22/h6-7,12,22H,8-11H2,1-5H3,(H,19,23)/b7-6+. The molecule has 6 heteroatoms. The minimum atomic E-state index is -0.178. The Morgan fingerprint density at radius 2 is 2.13 bits per heavy atom. The summed E-state index contributed by atoms with van der Waals surface area (Å²) in [6.07, 6.45) is 3.82. The van der Waals surface area contributed by atoms with E-state index in [1.54, 1.807) is 10.8 Å². The van der Waals surface area contributed by atoms with E-state index < -0.39 is 0 Å². The van der Waals surface area contributed by atoms with E-state index in [0.29, 0.717) is 24.0 Å². The van der Waals surface area contributed by atoms with E-state index in [1.165, 1.54) is 6.08 Å². The Kier molecular flexibility index (Phi) is 7.29. The van der Waals surface area contributed by atoms with Crippen LogP contribution in [0.1, 0.15) is 45.4 Å². The second-order valence-electron chi connectivity index (χ2n) is 7.05. The van der Waals surface area contributed by atoms with Gasteiger partial charge in [0.1, 0.15) is 5.15 Å². The van der Waals surface area contributed by atoms with Gasteiger partial charge in [0, 0.05) is 31.3 Å². The van der Waals surface area contributed by atoms with Gasteiger partial charge in [-0.3, -0.25) is 9.48 Å². The van der Waals surface area contributed by atoms with Crippen LogP contribution < -0.4 is 5.32 Å². The maximum absolute atomic E-state index is 11.9. The molecule has 0 aliphatic heterocycles. The summed E-state index contributed by atoms with van der Waals surface area (Å²) in [6, 6.07) is 0. The third-order valence-electron chi connectivity index (χ3n) is 3.58. The quantitative estimate of drug-likeness (QED) is 0.714. The molecule has 0 aromatic carbocycles. The number of hydrogen-bond acceptors (Lipinski definition) is 3. The minimum absolute atomic E-state index is 0.114. The Hall–Kier alpha value is -1.33. The first-order valence-electron chi connectivity index (χ1n) is 7.96. The fourth-order valence-corrected chi connectivity index (χ4v) is 2.47. The number of hydrogen-bond donors (Lipinski definition) is 2. The van der Waals surface area contributed by atoms with Crippen molar-refractivity contribution >= 4 is 23.6 Å². The molecule has 0 aliphatic carbocycles. The molecule has 130 valence electrons. The summed E-state index contributed by atoms with van der Waals surface area (Å²) in [5, 5.41) is 16.8. The number of halogens is 1. The van der Waals surface area contributed by atoms with Crippen LogP contribution in [0, 0.1) is 18.3 Å². The Balaban J connectivity index is 2.70. The molecular weight excluding hydrogens is 314 g/mol. The number of carbonyl (C=O) groups is 1. The number of amides is 1. The van der Waals surface area contributed by atoms with Crippen LogP contribution in [-0.2, 0) is 11.3 Å². The van der Waals surface area contributed by atoms with Crippen molar-refractivity contribution in [2.45, 2.75) is 47.6 Å². The zero-order chi connectivity index (χ0) is 17.6. The Bertz CT molecular complexity index is 562. The lowest BCUT2D eigenvalue weighted by Gasteiger charge is -2.23. The number of aliphatic hydroxyl groups excluding tert-OH is 1. The third kappa shape index (κ3) is 6.36. The second-order valence-corrected chi connectivity index (χ2v) is 7.41. The number of aliphatic hydroxyl groups is 1. The van der Waals surface area contributed by atoms with Crippen LogP contribution in [0.15, 0.2) is 6.08 Å². The van der Waals surface area contributed by atoms with Gasteiger partial charge in [-0.1, -0.05) is 39.3 Å². The summed E-state index contributed by atoms with van der Waals surface area (Å²) < 4.78 is 1.77. The van der Waals surface area contributed by atoms with Crippen molar-refractivity contribution in [3.8, 4) is 0 Å². The number of nitrogens with zero attached hydrogens (tertiary/aromatic N) is 2. The summed E-state index contributed by atoms with van der Waals surface area (Å²) in [7, 11) is 0. The first-order chi connectivity index (χ1) is 10.7. The van der Waals surface area contributed by atoms with Crippen LogP contribution in [0.25, 0.3) is 6.08 Å². The summed E-state index contributed by atoms with van der Waals surface area (Å²) in [5.74, 6) is 0.267. The smallest absolute Gasteiger partial charge is 0.244 e. The van der Waals surface area contributed by atoms with Crippen molar-refractivity contribution in [3.05, 3.63) is 22.5 Å². The monoisotopic (exact) mass is 341 g/mol. The van der Waals surface area contributed by atoms with Crippen LogP contribution in [0.4, 0.5) is 0 Å². The predicted molar refractivity (Wildman–Crippen MR) is 94.3 cm³/mol. The zero-order valence-electron chi connectivity index (χ0n) is 14.7. The van der Waals surface area contributed by atoms with Crippen molar-refractivity contribution in [2.75, 3.05) is 13.2 Å². The van der Waals surface area contributed by atoms with E-state index in [9.17, 15) is 4.79 Å². The molecule has 5 nitrogen and oxygen atoms in total. The second kappa shape index (κ2) is 8.50. The fraction of sp³-hybridized carbons (Fsp3) is 0.647. The van der Waals surface area contributed by atoms with Gasteiger partial charge in [-0.2, -0.15) is 5.10 Å². The van der Waals surface area contributed by atoms with Crippen LogP contribution in [0.5, 0.6) is 0 Å². The summed E-state index contributed by atoms with van der Waals surface area (Å²) in [6.45, 7) is 11.5. The highest BCUT2D eigenvalue weighted by atomic mass is 35.5. The van der Waals surface area contributed by atoms with Gasteiger partial charge in [-0.15, -0.1) is 0 Å². The van der Waals surface area contributed by atoms with Crippen LogP contribution >= 0.6 is 11.6 Å².